The Hall–Kier alpha value is -3.42. The van der Waals surface area contributed by atoms with Crippen LogP contribution in [0.1, 0.15) is 31.0 Å². The summed E-state index contributed by atoms with van der Waals surface area (Å²) in [7, 11) is 0. The van der Waals surface area contributed by atoms with Crippen LogP contribution in [-0.4, -0.2) is 23.8 Å². The number of allylic oxidation sites excluding steroid dienone is 1. The van der Waals surface area contributed by atoms with Gasteiger partial charge >= 0.3 is 5.97 Å². The molecule has 0 bridgehead atoms. The molecule has 1 aliphatic rings. The van der Waals surface area contributed by atoms with Crippen molar-refractivity contribution in [2.45, 2.75) is 19.9 Å². The standard InChI is InChI=1S/C26H23ClN2O4S/c1-4-14-33-19-12-10-17(11-13-19)23-22(25(31)32-5-2)16(3)28-26-29(23)24(30)21(34-26)15-18-8-6-7-9-20(18)27/h4,6-13,15,23H,1,5,14H2,2-3H3/b21-15-/t23-/m0/s1. The molecule has 0 radical (unpaired) electrons. The fourth-order valence-corrected chi connectivity index (χ4v) is 4.97. The minimum absolute atomic E-state index is 0.216. The summed E-state index contributed by atoms with van der Waals surface area (Å²) < 4.78 is 12.9. The molecule has 2 heterocycles. The second-order valence-corrected chi connectivity index (χ2v) is 8.91. The molecule has 34 heavy (non-hydrogen) atoms. The number of nitrogens with zero attached hydrogens (tertiary/aromatic N) is 2. The fraction of sp³-hybridized carbons (Fsp3) is 0.192. The lowest BCUT2D eigenvalue weighted by Gasteiger charge is -2.24. The predicted molar refractivity (Wildman–Crippen MR) is 134 cm³/mol. The molecule has 0 aliphatic carbocycles. The van der Waals surface area contributed by atoms with Crippen LogP contribution in [0.2, 0.25) is 5.02 Å². The van der Waals surface area contributed by atoms with E-state index in [0.717, 1.165) is 11.1 Å². The number of esters is 1. The number of carbonyl (C=O) groups excluding carboxylic acids is 1. The third-order valence-electron chi connectivity index (χ3n) is 5.27. The molecule has 0 amide bonds. The smallest absolute Gasteiger partial charge is 0.338 e. The van der Waals surface area contributed by atoms with Crippen molar-refractivity contribution in [2.75, 3.05) is 13.2 Å². The van der Waals surface area contributed by atoms with Crippen LogP contribution in [0.25, 0.3) is 6.08 Å². The van der Waals surface area contributed by atoms with Crippen LogP contribution >= 0.6 is 22.9 Å². The summed E-state index contributed by atoms with van der Waals surface area (Å²) in [6, 6.07) is 13.9. The molecule has 3 aromatic rings. The monoisotopic (exact) mass is 494 g/mol. The molecule has 0 N–H and O–H groups in total. The summed E-state index contributed by atoms with van der Waals surface area (Å²) >= 11 is 7.56. The fourth-order valence-electron chi connectivity index (χ4n) is 3.74. The Morgan fingerprint density at radius 3 is 2.65 bits per heavy atom. The van der Waals surface area contributed by atoms with Gasteiger partial charge in [-0.2, -0.15) is 0 Å². The second kappa shape index (κ2) is 10.2. The number of thiazole rings is 1. The maximum Gasteiger partial charge on any atom is 0.338 e. The lowest BCUT2D eigenvalue weighted by molar-refractivity contribution is -0.139. The van der Waals surface area contributed by atoms with E-state index < -0.39 is 12.0 Å². The molecule has 0 unspecified atom stereocenters. The molecule has 1 aliphatic heterocycles. The van der Waals surface area contributed by atoms with Crippen molar-refractivity contribution < 1.29 is 14.3 Å². The first kappa shape index (κ1) is 23.7. The zero-order valence-corrected chi connectivity index (χ0v) is 20.4. The molecule has 174 valence electrons. The highest BCUT2D eigenvalue weighted by Gasteiger charge is 2.33. The number of fused-ring (bicyclic) bond motifs is 1. The Morgan fingerprint density at radius 2 is 1.97 bits per heavy atom. The van der Waals surface area contributed by atoms with Crippen LogP contribution in [-0.2, 0) is 9.53 Å². The van der Waals surface area contributed by atoms with E-state index in [2.05, 4.69) is 11.6 Å². The van der Waals surface area contributed by atoms with Crippen molar-refractivity contribution in [3.63, 3.8) is 0 Å². The number of hydrogen-bond donors (Lipinski definition) is 0. The molecule has 8 heteroatoms. The topological polar surface area (TPSA) is 69.9 Å². The van der Waals surface area contributed by atoms with Gasteiger partial charge < -0.3 is 9.47 Å². The lowest BCUT2D eigenvalue weighted by atomic mass is 9.96. The van der Waals surface area contributed by atoms with Crippen LogP contribution < -0.4 is 19.6 Å². The van der Waals surface area contributed by atoms with Gasteiger partial charge in [0.25, 0.3) is 5.56 Å². The van der Waals surface area contributed by atoms with E-state index in [4.69, 9.17) is 21.1 Å². The number of ether oxygens (including phenoxy) is 2. The van der Waals surface area contributed by atoms with E-state index >= 15 is 0 Å². The minimum Gasteiger partial charge on any atom is -0.490 e. The van der Waals surface area contributed by atoms with Crippen LogP contribution in [0.4, 0.5) is 0 Å². The van der Waals surface area contributed by atoms with Crippen molar-refractivity contribution in [3.05, 3.63) is 108 Å². The third kappa shape index (κ3) is 4.62. The lowest BCUT2D eigenvalue weighted by Crippen LogP contribution is -2.39. The summed E-state index contributed by atoms with van der Waals surface area (Å²) in [5.74, 6) is 0.161. The Morgan fingerprint density at radius 1 is 1.24 bits per heavy atom. The summed E-state index contributed by atoms with van der Waals surface area (Å²) in [6.45, 7) is 7.75. The summed E-state index contributed by atoms with van der Waals surface area (Å²) in [5.41, 5.74) is 2.07. The Balaban J connectivity index is 1.90. The molecule has 1 aromatic heterocycles. The van der Waals surface area contributed by atoms with Gasteiger partial charge in [0.1, 0.15) is 12.4 Å². The number of carbonyl (C=O) groups is 1. The molecule has 0 spiro atoms. The van der Waals surface area contributed by atoms with Gasteiger partial charge in [0.2, 0.25) is 0 Å². The Kier molecular flexibility index (Phi) is 7.14. The average molecular weight is 495 g/mol. The number of halogens is 1. The van der Waals surface area contributed by atoms with Crippen molar-refractivity contribution >= 4 is 35.0 Å². The Bertz CT molecular complexity index is 1450. The molecule has 6 nitrogen and oxygen atoms in total. The number of benzene rings is 2. The highest BCUT2D eigenvalue weighted by Crippen LogP contribution is 2.31. The van der Waals surface area contributed by atoms with E-state index in [9.17, 15) is 9.59 Å². The largest absolute Gasteiger partial charge is 0.490 e. The van der Waals surface area contributed by atoms with Crippen LogP contribution in [0.3, 0.4) is 0 Å². The van der Waals surface area contributed by atoms with Gasteiger partial charge in [0, 0.05) is 5.02 Å². The van der Waals surface area contributed by atoms with E-state index in [1.54, 1.807) is 48.8 Å². The van der Waals surface area contributed by atoms with Crippen LogP contribution in [0.15, 0.2) is 82.2 Å². The molecular weight excluding hydrogens is 472 g/mol. The minimum atomic E-state index is -0.683. The highest BCUT2D eigenvalue weighted by molar-refractivity contribution is 7.07. The summed E-state index contributed by atoms with van der Waals surface area (Å²) in [4.78, 5) is 31.6. The normalized spacial score (nSPS) is 15.5. The number of aromatic nitrogens is 1. The molecular formula is C26H23ClN2O4S. The third-order valence-corrected chi connectivity index (χ3v) is 6.60. The van der Waals surface area contributed by atoms with Gasteiger partial charge in [-0.25, -0.2) is 9.79 Å². The van der Waals surface area contributed by atoms with Crippen molar-refractivity contribution in [3.8, 4) is 5.75 Å². The maximum absolute atomic E-state index is 13.6. The van der Waals surface area contributed by atoms with Crippen LogP contribution in [0, 0.1) is 0 Å². The summed E-state index contributed by atoms with van der Waals surface area (Å²) in [6.07, 6.45) is 3.41. The molecule has 1 atom stereocenters. The first-order valence-electron chi connectivity index (χ1n) is 10.7. The number of hydrogen-bond acceptors (Lipinski definition) is 6. The first-order valence-corrected chi connectivity index (χ1v) is 11.9. The predicted octanol–water partition coefficient (Wildman–Crippen LogP) is 4.02. The summed E-state index contributed by atoms with van der Waals surface area (Å²) in [5, 5.41) is 0.545. The quantitative estimate of drug-likeness (QED) is 0.367. The van der Waals surface area contributed by atoms with Gasteiger partial charge in [-0.05, 0) is 49.2 Å². The van der Waals surface area contributed by atoms with E-state index in [1.165, 1.54) is 11.3 Å². The maximum atomic E-state index is 13.6. The van der Waals surface area contributed by atoms with Gasteiger partial charge in [0.05, 0.1) is 28.5 Å². The van der Waals surface area contributed by atoms with Crippen molar-refractivity contribution in [1.82, 2.24) is 4.57 Å². The molecule has 0 fully saturated rings. The van der Waals surface area contributed by atoms with Gasteiger partial charge in [-0.3, -0.25) is 9.36 Å². The SMILES string of the molecule is C=CCOc1ccc([C@H]2C(C(=O)OCC)=C(C)N=c3s/c(=C\c4ccccc4Cl)c(=O)n32)cc1. The van der Waals surface area contributed by atoms with E-state index in [1.807, 2.05) is 30.3 Å². The van der Waals surface area contributed by atoms with Gasteiger partial charge in [0.15, 0.2) is 4.80 Å². The second-order valence-electron chi connectivity index (χ2n) is 7.49. The Labute approximate surface area is 205 Å². The molecule has 0 saturated heterocycles. The zero-order valence-electron chi connectivity index (χ0n) is 18.8. The van der Waals surface area contributed by atoms with Crippen LogP contribution in [0.5, 0.6) is 5.75 Å². The number of rotatable bonds is 7. The average Bonchev–Trinajstić information content (AvgIpc) is 3.13. The molecule has 2 aromatic carbocycles. The van der Waals surface area contributed by atoms with Gasteiger partial charge in [-0.15, -0.1) is 0 Å². The van der Waals surface area contributed by atoms with Crippen molar-refractivity contribution in [2.24, 2.45) is 4.99 Å². The first-order chi connectivity index (χ1) is 16.4. The van der Waals surface area contributed by atoms with E-state index in [0.29, 0.717) is 38.0 Å². The molecule has 4 rings (SSSR count). The van der Waals surface area contributed by atoms with Gasteiger partial charge in [-0.1, -0.05) is 65.9 Å². The highest BCUT2D eigenvalue weighted by atomic mass is 35.5. The van der Waals surface area contributed by atoms with Crippen molar-refractivity contribution in [1.29, 1.82) is 0 Å². The van der Waals surface area contributed by atoms with E-state index in [-0.39, 0.29) is 12.2 Å². The zero-order chi connectivity index (χ0) is 24.2. The molecule has 0 saturated carbocycles.